The predicted molar refractivity (Wildman–Crippen MR) is 78.2 cm³/mol. The molecule has 0 unspecified atom stereocenters. The van der Waals surface area contributed by atoms with Gasteiger partial charge in [0.15, 0.2) is 0 Å². The van der Waals surface area contributed by atoms with E-state index < -0.39 is 0 Å². The molecule has 108 valence electrons. The summed E-state index contributed by atoms with van der Waals surface area (Å²) in [7, 11) is 0. The average Bonchev–Trinajstić information content (AvgIpc) is 2.47. The minimum absolute atomic E-state index is 0.00773. The Bertz CT molecular complexity index is 494. The molecule has 0 aliphatic carbocycles. The number of nitrogens with one attached hydrogen (secondary N) is 1. The normalized spacial score (nSPS) is 15.9. The van der Waals surface area contributed by atoms with Crippen molar-refractivity contribution in [1.29, 1.82) is 0 Å². The van der Waals surface area contributed by atoms with Crippen molar-refractivity contribution in [2.45, 2.75) is 19.8 Å². The summed E-state index contributed by atoms with van der Waals surface area (Å²) in [6.45, 7) is 3.81. The summed E-state index contributed by atoms with van der Waals surface area (Å²) < 4.78 is 0. The largest absolute Gasteiger partial charge is 0.399 e. The van der Waals surface area contributed by atoms with Gasteiger partial charge in [0.05, 0.1) is 0 Å². The lowest BCUT2D eigenvalue weighted by molar-refractivity contribution is -0.126. The summed E-state index contributed by atoms with van der Waals surface area (Å²) in [6, 6.07) is 7.01. The van der Waals surface area contributed by atoms with Crippen LogP contribution >= 0.6 is 0 Å². The second kappa shape index (κ2) is 6.41. The number of nitrogens with zero attached hydrogens (tertiary/aromatic N) is 1. The van der Waals surface area contributed by atoms with Crippen LogP contribution in [0.5, 0.6) is 0 Å². The average molecular weight is 275 g/mol. The van der Waals surface area contributed by atoms with Crippen molar-refractivity contribution in [3.05, 3.63) is 29.8 Å². The van der Waals surface area contributed by atoms with Crippen molar-refractivity contribution < 1.29 is 9.59 Å². The first kappa shape index (κ1) is 14.4. The maximum Gasteiger partial charge on any atom is 0.253 e. The molecule has 5 heteroatoms. The zero-order chi connectivity index (χ0) is 14.5. The Morgan fingerprint density at radius 2 is 2.05 bits per heavy atom. The number of nitrogens with two attached hydrogens (primary N) is 1. The monoisotopic (exact) mass is 275 g/mol. The van der Waals surface area contributed by atoms with E-state index >= 15 is 0 Å². The van der Waals surface area contributed by atoms with E-state index in [-0.39, 0.29) is 17.7 Å². The highest BCUT2D eigenvalue weighted by Gasteiger charge is 2.27. The SMILES string of the molecule is CCNC(=O)C1CCN(C(=O)c2cccc(N)c2)CC1. The molecule has 2 amide bonds. The number of rotatable bonds is 3. The van der Waals surface area contributed by atoms with Crippen molar-refractivity contribution in [3.63, 3.8) is 0 Å². The summed E-state index contributed by atoms with van der Waals surface area (Å²) >= 11 is 0. The lowest BCUT2D eigenvalue weighted by atomic mass is 9.95. The molecule has 0 atom stereocenters. The number of benzene rings is 1. The van der Waals surface area contributed by atoms with Crippen molar-refractivity contribution in [3.8, 4) is 0 Å². The van der Waals surface area contributed by atoms with Crippen LogP contribution in [0.4, 0.5) is 5.69 Å². The second-order valence-electron chi connectivity index (χ2n) is 5.09. The van der Waals surface area contributed by atoms with Gasteiger partial charge < -0.3 is 16.0 Å². The molecule has 5 nitrogen and oxygen atoms in total. The molecular formula is C15H21N3O2. The Balaban J connectivity index is 1.93. The smallest absolute Gasteiger partial charge is 0.253 e. The Morgan fingerprint density at radius 1 is 1.35 bits per heavy atom. The van der Waals surface area contributed by atoms with E-state index in [0.717, 1.165) is 12.8 Å². The van der Waals surface area contributed by atoms with Gasteiger partial charge in [-0.1, -0.05) is 6.07 Å². The van der Waals surface area contributed by atoms with E-state index in [1.807, 2.05) is 6.92 Å². The molecule has 0 spiro atoms. The van der Waals surface area contributed by atoms with Gasteiger partial charge in [-0.25, -0.2) is 0 Å². The quantitative estimate of drug-likeness (QED) is 0.815. The molecule has 3 N–H and O–H groups in total. The van der Waals surface area contributed by atoms with Gasteiger partial charge in [-0.2, -0.15) is 0 Å². The number of nitrogen functional groups attached to an aromatic ring is 1. The van der Waals surface area contributed by atoms with E-state index in [9.17, 15) is 9.59 Å². The molecule has 1 saturated heterocycles. The number of amides is 2. The van der Waals surface area contributed by atoms with Gasteiger partial charge in [0.2, 0.25) is 5.91 Å². The second-order valence-corrected chi connectivity index (χ2v) is 5.09. The van der Waals surface area contributed by atoms with Crippen LogP contribution in [-0.4, -0.2) is 36.3 Å². The Morgan fingerprint density at radius 3 is 2.65 bits per heavy atom. The van der Waals surface area contributed by atoms with Crippen LogP contribution in [-0.2, 0) is 4.79 Å². The maximum atomic E-state index is 12.3. The van der Waals surface area contributed by atoms with Crippen LogP contribution in [0, 0.1) is 5.92 Å². The van der Waals surface area contributed by atoms with Crippen LogP contribution in [0.3, 0.4) is 0 Å². The topological polar surface area (TPSA) is 75.4 Å². The molecule has 20 heavy (non-hydrogen) atoms. The van der Waals surface area contributed by atoms with Crippen molar-refractivity contribution >= 4 is 17.5 Å². The fourth-order valence-corrected chi connectivity index (χ4v) is 2.52. The molecule has 1 aromatic rings. The van der Waals surface area contributed by atoms with Crippen LogP contribution in [0.2, 0.25) is 0 Å². The minimum Gasteiger partial charge on any atom is -0.399 e. The van der Waals surface area contributed by atoms with E-state index in [1.54, 1.807) is 29.2 Å². The molecule has 2 rings (SSSR count). The molecule has 1 fully saturated rings. The number of hydrogen-bond donors (Lipinski definition) is 2. The van der Waals surface area contributed by atoms with Gasteiger partial charge in [-0.05, 0) is 38.0 Å². The molecular weight excluding hydrogens is 254 g/mol. The first-order valence-electron chi connectivity index (χ1n) is 7.04. The summed E-state index contributed by atoms with van der Waals surface area (Å²) in [5.74, 6) is 0.120. The summed E-state index contributed by atoms with van der Waals surface area (Å²) in [4.78, 5) is 25.9. The zero-order valence-corrected chi connectivity index (χ0v) is 11.8. The molecule has 0 bridgehead atoms. The fraction of sp³-hybridized carbons (Fsp3) is 0.467. The highest BCUT2D eigenvalue weighted by molar-refractivity contribution is 5.95. The predicted octanol–water partition coefficient (Wildman–Crippen LogP) is 1.26. The first-order valence-corrected chi connectivity index (χ1v) is 7.04. The molecule has 1 aliphatic heterocycles. The van der Waals surface area contributed by atoms with Crippen molar-refractivity contribution in [2.75, 3.05) is 25.4 Å². The van der Waals surface area contributed by atoms with Gasteiger partial charge in [-0.15, -0.1) is 0 Å². The van der Waals surface area contributed by atoms with Crippen molar-refractivity contribution in [1.82, 2.24) is 10.2 Å². The van der Waals surface area contributed by atoms with E-state index in [4.69, 9.17) is 5.73 Å². The third-order valence-corrected chi connectivity index (χ3v) is 3.64. The van der Waals surface area contributed by atoms with Crippen LogP contribution < -0.4 is 11.1 Å². The minimum atomic E-state index is -0.00773. The number of carbonyl (C=O) groups is 2. The first-order chi connectivity index (χ1) is 9.61. The Kier molecular flexibility index (Phi) is 4.61. The van der Waals surface area contributed by atoms with Gasteiger partial charge >= 0.3 is 0 Å². The standard InChI is InChI=1S/C15H21N3O2/c1-2-17-14(19)11-6-8-18(9-7-11)15(20)12-4-3-5-13(16)10-12/h3-5,10-11H,2,6-9,16H2,1H3,(H,17,19). The lowest BCUT2D eigenvalue weighted by Crippen LogP contribution is -2.43. The van der Waals surface area contributed by atoms with Gasteiger partial charge in [0.25, 0.3) is 5.91 Å². The number of likely N-dealkylation sites (tertiary alicyclic amines) is 1. The van der Waals surface area contributed by atoms with E-state index in [0.29, 0.717) is 30.9 Å². The summed E-state index contributed by atoms with van der Waals surface area (Å²) in [5.41, 5.74) is 6.90. The van der Waals surface area contributed by atoms with Crippen LogP contribution in [0.1, 0.15) is 30.1 Å². The third kappa shape index (κ3) is 3.29. The van der Waals surface area contributed by atoms with Crippen LogP contribution in [0.25, 0.3) is 0 Å². The fourth-order valence-electron chi connectivity index (χ4n) is 2.52. The highest BCUT2D eigenvalue weighted by Crippen LogP contribution is 2.19. The van der Waals surface area contributed by atoms with Gasteiger partial charge in [0, 0.05) is 36.8 Å². The Labute approximate surface area is 119 Å². The molecule has 1 heterocycles. The number of hydrogen-bond acceptors (Lipinski definition) is 3. The van der Waals surface area contributed by atoms with Gasteiger partial charge in [-0.3, -0.25) is 9.59 Å². The van der Waals surface area contributed by atoms with Crippen LogP contribution in [0.15, 0.2) is 24.3 Å². The number of carbonyl (C=O) groups excluding carboxylic acids is 2. The highest BCUT2D eigenvalue weighted by atomic mass is 16.2. The Hall–Kier alpha value is -2.04. The zero-order valence-electron chi connectivity index (χ0n) is 11.8. The maximum absolute atomic E-state index is 12.3. The van der Waals surface area contributed by atoms with E-state index in [1.165, 1.54) is 0 Å². The molecule has 0 radical (unpaired) electrons. The number of anilines is 1. The number of piperidine rings is 1. The molecule has 1 aromatic carbocycles. The van der Waals surface area contributed by atoms with E-state index in [2.05, 4.69) is 5.32 Å². The lowest BCUT2D eigenvalue weighted by Gasteiger charge is -2.31. The summed E-state index contributed by atoms with van der Waals surface area (Å²) in [6.07, 6.45) is 1.44. The van der Waals surface area contributed by atoms with Crippen molar-refractivity contribution in [2.24, 2.45) is 5.92 Å². The molecule has 0 aromatic heterocycles. The van der Waals surface area contributed by atoms with Gasteiger partial charge in [0.1, 0.15) is 0 Å². The summed E-state index contributed by atoms with van der Waals surface area (Å²) in [5, 5.41) is 2.84. The third-order valence-electron chi connectivity index (χ3n) is 3.64. The molecule has 0 saturated carbocycles. The molecule has 1 aliphatic rings.